The lowest BCUT2D eigenvalue weighted by molar-refractivity contribution is -0.144. The Morgan fingerprint density at radius 3 is 2.57 bits per heavy atom. The maximum absolute atomic E-state index is 12.3. The van der Waals surface area contributed by atoms with E-state index in [1.165, 1.54) is 19.1 Å². The number of sulfonamides is 1. The number of rotatable bonds is 6. The Balaban J connectivity index is 3.03. The number of nitrogens with one attached hydrogen (secondary N) is 1. The third-order valence-electron chi connectivity index (χ3n) is 2.72. The SMILES string of the molecule is CCOC(=O)C(C)NS(=O)(=O)c1ccc(C(N)=S)cc1C. The summed E-state index contributed by atoms with van der Waals surface area (Å²) < 4.78 is 31.6. The van der Waals surface area contributed by atoms with Gasteiger partial charge in [0.2, 0.25) is 10.0 Å². The van der Waals surface area contributed by atoms with Crippen LogP contribution in [0.25, 0.3) is 0 Å². The van der Waals surface area contributed by atoms with Crippen molar-refractivity contribution in [3.8, 4) is 0 Å². The van der Waals surface area contributed by atoms with Gasteiger partial charge in [0, 0.05) is 5.56 Å². The normalized spacial score (nSPS) is 12.7. The highest BCUT2D eigenvalue weighted by molar-refractivity contribution is 7.89. The van der Waals surface area contributed by atoms with E-state index >= 15 is 0 Å². The molecule has 0 spiro atoms. The van der Waals surface area contributed by atoms with Crippen molar-refractivity contribution in [1.29, 1.82) is 0 Å². The smallest absolute Gasteiger partial charge is 0.323 e. The molecule has 0 fully saturated rings. The molecule has 0 aliphatic rings. The van der Waals surface area contributed by atoms with Crippen molar-refractivity contribution >= 4 is 33.2 Å². The molecule has 1 aromatic rings. The monoisotopic (exact) mass is 330 g/mol. The van der Waals surface area contributed by atoms with Crippen molar-refractivity contribution in [2.24, 2.45) is 5.73 Å². The van der Waals surface area contributed by atoms with Gasteiger partial charge in [-0.3, -0.25) is 4.79 Å². The van der Waals surface area contributed by atoms with E-state index in [9.17, 15) is 13.2 Å². The lowest BCUT2D eigenvalue weighted by atomic mass is 10.1. The molecule has 0 saturated carbocycles. The number of thiocarbonyl (C=S) groups is 1. The molecular weight excluding hydrogens is 312 g/mol. The number of ether oxygens (including phenoxy) is 1. The van der Waals surface area contributed by atoms with E-state index in [0.717, 1.165) is 0 Å². The number of carbonyl (C=O) groups excluding carboxylic acids is 1. The molecule has 1 rings (SSSR count). The van der Waals surface area contributed by atoms with Crippen molar-refractivity contribution < 1.29 is 17.9 Å². The molecule has 116 valence electrons. The van der Waals surface area contributed by atoms with Crippen molar-refractivity contribution in [2.75, 3.05) is 6.61 Å². The minimum atomic E-state index is -3.83. The highest BCUT2D eigenvalue weighted by Crippen LogP contribution is 2.17. The van der Waals surface area contributed by atoms with E-state index < -0.39 is 22.0 Å². The summed E-state index contributed by atoms with van der Waals surface area (Å²) >= 11 is 4.84. The van der Waals surface area contributed by atoms with Gasteiger partial charge >= 0.3 is 5.97 Å². The van der Waals surface area contributed by atoms with Crippen molar-refractivity contribution in [3.05, 3.63) is 29.3 Å². The summed E-state index contributed by atoms with van der Waals surface area (Å²) in [7, 11) is -3.83. The van der Waals surface area contributed by atoms with Gasteiger partial charge in [-0.15, -0.1) is 0 Å². The molecule has 1 unspecified atom stereocenters. The summed E-state index contributed by atoms with van der Waals surface area (Å²) in [5.41, 5.74) is 6.57. The summed E-state index contributed by atoms with van der Waals surface area (Å²) in [5, 5.41) is 0. The minimum Gasteiger partial charge on any atom is -0.465 e. The van der Waals surface area contributed by atoms with Gasteiger partial charge < -0.3 is 10.5 Å². The van der Waals surface area contributed by atoms with Gasteiger partial charge in [-0.1, -0.05) is 18.3 Å². The lowest BCUT2D eigenvalue weighted by Gasteiger charge is -2.14. The summed E-state index contributed by atoms with van der Waals surface area (Å²) in [5.74, 6) is -0.626. The average Bonchev–Trinajstić information content (AvgIpc) is 2.37. The van der Waals surface area contributed by atoms with E-state index in [4.69, 9.17) is 22.7 Å². The van der Waals surface area contributed by atoms with Crippen LogP contribution in [0.3, 0.4) is 0 Å². The second-order valence-corrected chi connectivity index (χ2v) is 6.56. The number of nitrogens with two attached hydrogens (primary N) is 1. The van der Waals surface area contributed by atoms with Crippen LogP contribution in [0.5, 0.6) is 0 Å². The predicted molar refractivity (Wildman–Crippen MR) is 83.5 cm³/mol. The molecule has 3 N–H and O–H groups in total. The first kappa shape index (κ1) is 17.5. The van der Waals surface area contributed by atoms with E-state index in [1.54, 1.807) is 19.9 Å². The molecule has 1 aromatic carbocycles. The van der Waals surface area contributed by atoms with Gasteiger partial charge in [0.25, 0.3) is 0 Å². The van der Waals surface area contributed by atoms with E-state index in [2.05, 4.69) is 4.72 Å². The molecule has 21 heavy (non-hydrogen) atoms. The van der Waals surface area contributed by atoms with Gasteiger partial charge in [-0.2, -0.15) is 4.72 Å². The number of carbonyl (C=O) groups is 1. The van der Waals surface area contributed by atoms with Gasteiger partial charge in [0.1, 0.15) is 11.0 Å². The van der Waals surface area contributed by atoms with Crippen LogP contribution in [0.2, 0.25) is 0 Å². The van der Waals surface area contributed by atoms with Gasteiger partial charge in [-0.05, 0) is 38.5 Å². The molecule has 0 radical (unpaired) electrons. The number of aryl methyl sites for hydroxylation is 1. The fourth-order valence-corrected chi connectivity index (χ4v) is 3.26. The molecule has 0 bridgehead atoms. The number of esters is 1. The molecule has 0 heterocycles. The number of hydrogen-bond donors (Lipinski definition) is 2. The molecule has 0 aromatic heterocycles. The first-order chi connectivity index (χ1) is 9.69. The number of hydrogen-bond acceptors (Lipinski definition) is 5. The zero-order valence-corrected chi connectivity index (χ0v) is 13.7. The fourth-order valence-electron chi connectivity index (χ4n) is 1.72. The van der Waals surface area contributed by atoms with Gasteiger partial charge in [-0.25, -0.2) is 8.42 Å². The molecule has 0 aliphatic carbocycles. The van der Waals surface area contributed by atoms with E-state index in [1.807, 2.05) is 0 Å². The third kappa shape index (κ3) is 4.48. The van der Waals surface area contributed by atoms with Crippen LogP contribution >= 0.6 is 12.2 Å². The van der Waals surface area contributed by atoms with Crippen LogP contribution in [0.15, 0.2) is 23.1 Å². The van der Waals surface area contributed by atoms with Crippen LogP contribution in [-0.4, -0.2) is 32.0 Å². The molecule has 1 atom stereocenters. The van der Waals surface area contributed by atoms with Gasteiger partial charge in [0.15, 0.2) is 0 Å². The molecule has 0 aliphatic heterocycles. The predicted octanol–water partition coefficient (Wildman–Crippen LogP) is 0.859. The van der Waals surface area contributed by atoms with Crippen LogP contribution in [0, 0.1) is 6.92 Å². The first-order valence-electron chi connectivity index (χ1n) is 6.28. The molecule has 0 saturated heterocycles. The zero-order chi connectivity index (χ0) is 16.2. The van der Waals surface area contributed by atoms with E-state index in [0.29, 0.717) is 11.1 Å². The molecule has 0 amide bonds. The molecule has 8 heteroatoms. The van der Waals surface area contributed by atoms with Crippen LogP contribution in [0.1, 0.15) is 25.0 Å². The van der Waals surface area contributed by atoms with Crippen LogP contribution in [-0.2, 0) is 19.6 Å². The van der Waals surface area contributed by atoms with Gasteiger partial charge in [0.05, 0.1) is 11.5 Å². The standard InChI is InChI=1S/C13H18N2O4S2/c1-4-19-13(16)9(3)15-21(17,18)11-6-5-10(12(14)20)7-8(11)2/h5-7,9,15H,4H2,1-3H3,(H2,14,20). The maximum Gasteiger partial charge on any atom is 0.323 e. The highest BCUT2D eigenvalue weighted by atomic mass is 32.2. The molecule has 6 nitrogen and oxygen atoms in total. The second kappa shape index (κ2) is 6.97. The Kier molecular flexibility index (Phi) is 5.82. The zero-order valence-electron chi connectivity index (χ0n) is 12.0. The van der Waals surface area contributed by atoms with Crippen LogP contribution in [0.4, 0.5) is 0 Å². The first-order valence-corrected chi connectivity index (χ1v) is 8.17. The third-order valence-corrected chi connectivity index (χ3v) is 4.66. The minimum absolute atomic E-state index is 0.0682. The Hall–Kier alpha value is -1.51. The Labute approximate surface area is 129 Å². The quantitative estimate of drug-likeness (QED) is 0.593. The Morgan fingerprint density at radius 2 is 2.10 bits per heavy atom. The second-order valence-electron chi connectivity index (χ2n) is 4.44. The van der Waals surface area contributed by atoms with Crippen molar-refractivity contribution in [3.63, 3.8) is 0 Å². The summed E-state index contributed by atoms with van der Waals surface area (Å²) in [4.78, 5) is 11.8. The lowest BCUT2D eigenvalue weighted by Crippen LogP contribution is -2.39. The number of benzene rings is 1. The fraction of sp³-hybridized carbons (Fsp3) is 0.385. The highest BCUT2D eigenvalue weighted by Gasteiger charge is 2.24. The summed E-state index contributed by atoms with van der Waals surface area (Å²) in [6, 6.07) is 3.55. The Morgan fingerprint density at radius 1 is 1.48 bits per heavy atom. The summed E-state index contributed by atoms with van der Waals surface area (Å²) in [6.45, 7) is 4.89. The largest absolute Gasteiger partial charge is 0.465 e. The van der Waals surface area contributed by atoms with Crippen LogP contribution < -0.4 is 10.5 Å². The molecular formula is C13H18N2O4S2. The Bertz CT molecular complexity index is 656. The maximum atomic E-state index is 12.3. The topological polar surface area (TPSA) is 98.5 Å². The average molecular weight is 330 g/mol. The summed E-state index contributed by atoms with van der Waals surface area (Å²) in [6.07, 6.45) is 0. The van der Waals surface area contributed by atoms with Crippen molar-refractivity contribution in [1.82, 2.24) is 4.72 Å². The van der Waals surface area contributed by atoms with Crippen molar-refractivity contribution in [2.45, 2.75) is 31.7 Å². The van der Waals surface area contributed by atoms with E-state index in [-0.39, 0.29) is 16.5 Å².